The van der Waals surface area contributed by atoms with Gasteiger partial charge in [0.1, 0.15) is 5.69 Å². The van der Waals surface area contributed by atoms with Gasteiger partial charge >= 0.3 is 0 Å². The number of carbonyl (C=O) groups excluding carboxylic acids is 1. The summed E-state index contributed by atoms with van der Waals surface area (Å²) >= 11 is 0. The largest absolute Gasteiger partial charge is 0.316 e. The van der Waals surface area contributed by atoms with Crippen molar-refractivity contribution in [3.8, 4) is 0 Å². The summed E-state index contributed by atoms with van der Waals surface area (Å²) in [5, 5.41) is 2.84. The zero-order valence-electron chi connectivity index (χ0n) is 7.63. The van der Waals surface area contributed by atoms with Gasteiger partial charge in [0.05, 0.1) is 0 Å². The monoisotopic (exact) mass is 200 g/mol. The van der Waals surface area contributed by atoms with Crippen LogP contribution in [-0.2, 0) is 6.54 Å². The smallest absolute Gasteiger partial charge is 0.281 e. The number of carbonyl (C=O) groups is 1. The first-order valence-corrected chi connectivity index (χ1v) is 4.05. The van der Waals surface area contributed by atoms with Crippen LogP contribution in [0.4, 0.5) is 8.78 Å². The maximum absolute atomic E-state index is 12.3. The van der Waals surface area contributed by atoms with Gasteiger partial charge in [0.2, 0.25) is 0 Å². The number of nitrogens with zero attached hydrogens (tertiary/aromatic N) is 1. The molecule has 0 spiro atoms. The number of aldehydes is 1. The zero-order valence-corrected chi connectivity index (χ0v) is 7.63. The Morgan fingerprint density at radius 1 is 1.64 bits per heavy atom. The molecule has 0 atom stereocenters. The van der Waals surface area contributed by atoms with Crippen molar-refractivity contribution >= 4 is 6.29 Å². The second-order valence-electron chi connectivity index (χ2n) is 2.77. The minimum atomic E-state index is -2.71. The van der Waals surface area contributed by atoms with Crippen LogP contribution in [0, 0.1) is 0 Å². The second-order valence-corrected chi connectivity index (χ2v) is 2.77. The lowest BCUT2D eigenvalue weighted by Crippen LogP contribution is -2.07. The molecule has 1 aromatic heterocycles. The minimum absolute atomic E-state index is 0.0484. The highest BCUT2D eigenvalue weighted by Gasteiger charge is 2.14. The fraction of sp³-hybridized carbons (Fsp3) is 0.333. The van der Waals surface area contributed by atoms with Crippen molar-refractivity contribution in [2.75, 3.05) is 7.05 Å². The van der Waals surface area contributed by atoms with Crippen LogP contribution in [-0.4, -0.2) is 18.3 Å². The molecule has 0 aliphatic rings. The minimum Gasteiger partial charge on any atom is -0.316 e. The Kier molecular flexibility index (Phi) is 3.64. The van der Waals surface area contributed by atoms with E-state index in [1.54, 1.807) is 7.05 Å². The third-order valence-corrected chi connectivity index (χ3v) is 1.72. The summed E-state index contributed by atoms with van der Waals surface area (Å²) in [4.78, 5) is 14.0. The predicted molar refractivity (Wildman–Crippen MR) is 47.3 cm³/mol. The van der Waals surface area contributed by atoms with E-state index in [0.717, 1.165) is 0 Å². The van der Waals surface area contributed by atoms with E-state index in [1.807, 2.05) is 0 Å². The molecule has 0 aromatic carbocycles. The number of aromatic nitrogens is 1. The molecule has 76 valence electrons. The lowest BCUT2D eigenvalue weighted by atomic mass is 10.1. The topological polar surface area (TPSA) is 42.0 Å². The van der Waals surface area contributed by atoms with Gasteiger partial charge in [-0.1, -0.05) is 0 Å². The van der Waals surface area contributed by atoms with Crippen molar-refractivity contribution in [2.45, 2.75) is 13.0 Å². The van der Waals surface area contributed by atoms with Crippen LogP contribution < -0.4 is 5.32 Å². The molecular formula is C9H10F2N2O. The number of hydrogen-bond acceptors (Lipinski definition) is 3. The Bertz CT molecular complexity index is 329. The van der Waals surface area contributed by atoms with Crippen molar-refractivity contribution in [1.29, 1.82) is 0 Å². The molecule has 5 heteroatoms. The fourth-order valence-electron chi connectivity index (χ4n) is 1.12. The average Bonchev–Trinajstić information content (AvgIpc) is 2.17. The van der Waals surface area contributed by atoms with Gasteiger partial charge in [-0.2, -0.15) is 0 Å². The first-order valence-electron chi connectivity index (χ1n) is 4.05. The molecule has 0 fully saturated rings. The van der Waals surface area contributed by atoms with Crippen LogP contribution in [0.5, 0.6) is 0 Å². The molecule has 0 aliphatic heterocycles. The van der Waals surface area contributed by atoms with E-state index in [2.05, 4.69) is 10.3 Å². The van der Waals surface area contributed by atoms with E-state index in [1.165, 1.54) is 12.3 Å². The molecule has 0 aliphatic carbocycles. The predicted octanol–water partition coefficient (Wildman–Crippen LogP) is 1.55. The van der Waals surface area contributed by atoms with E-state index in [0.29, 0.717) is 18.4 Å². The highest BCUT2D eigenvalue weighted by Crippen LogP contribution is 2.19. The summed E-state index contributed by atoms with van der Waals surface area (Å²) in [6.45, 7) is 0.497. The quantitative estimate of drug-likeness (QED) is 0.750. The Morgan fingerprint density at radius 3 is 2.86 bits per heavy atom. The molecule has 1 aromatic rings. The lowest BCUT2D eigenvalue weighted by Gasteiger charge is -2.05. The zero-order chi connectivity index (χ0) is 10.6. The average molecular weight is 200 g/mol. The summed E-state index contributed by atoms with van der Waals surface area (Å²) in [6, 6.07) is 1.41. The van der Waals surface area contributed by atoms with Gasteiger partial charge in [-0.3, -0.25) is 9.78 Å². The summed E-state index contributed by atoms with van der Waals surface area (Å²) in [6.07, 6.45) is -0.975. The lowest BCUT2D eigenvalue weighted by molar-refractivity contribution is 0.110. The van der Waals surface area contributed by atoms with Crippen molar-refractivity contribution in [1.82, 2.24) is 10.3 Å². The number of alkyl halides is 2. The van der Waals surface area contributed by atoms with Gasteiger partial charge in [0.25, 0.3) is 6.43 Å². The van der Waals surface area contributed by atoms with Crippen LogP contribution in [0.15, 0.2) is 12.3 Å². The fourth-order valence-corrected chi connectivity index (χ4v) is 1.12. The standard InChI is InChI=1S/C9H10F2N2O/c1-12-3-6-2-7(5-14)8(9(10)11)13-4-6/h2,4-5,9,12H,3H2,1H3. The number of hydrogen-bond donors (Lipinski definition) is 1. The number of rotatable bonds is 4. The summed E-state index contributed by atoms with van der Waals surface area (Å²) in [5.41, 5.74) is 0.201. The Labute approximate surface area is 80.2 Å². The SMILES string of the molecule is CNCc1cnc(C(F)F)c(C=O)c1. The van der Waals surface area contributed by atoms with Gasteiger partial charge in [0, 0.05) is 18.3 Å². The highest BCUT2D eigenvalue weighted by atomic mass is 19.3. The van der Waals surface area contributed by atoms with Gasteiger partial charge in [-0.05, 0) is 18.7 Å². The van der Waals surface area contributed by atoms with E-state index in [4.69, 9.17) is 0 Å². The van der Waals surface area contributed by atoms with E-state index >= 15 is 0 Å². The van der Waals surface area contributed by atoms with E-state index in [9.17, 15) is 13.6 Å². The number of pyridine rings is 1. The van der Waals surface area contributed by atoms with Gasteiger partial charge in [-0.15, -0.1) is 0 Å². The molecule has 0 unspecified atom stereocenters. The molecule has 1 heterocycles. The van der Waals surface area contributed by atoms with Crippen LogP contribution in [0.3, 0.4) is 0 Å². The summed E-state index contributed by atoms with van der Waals surface area (Å²) in [7, 11) is 1.72. The van der Waals surface area contributed by atoms with Crippen molar-refractivity contribution < 1.29 is 13.6 Å². The van der Waals surface area contributed by atoms with Crippen molar-refractivity contribution in [3.63, 3.8) is 0 Å². The molecule has 0 amide bonds. The normalized spacial score (nSPS) is 10.6. The van der Waals surface area contributed by atoms with Gasteiger partial charge in [0.15, 0.2) is 6.29 Å². The maximum atomic E-state index is 12.3. The Balaban J connectivity index is 3.05. The molecule has 1 rings (SSSR count). The summed E-state index contributed by atoms with van der Waals surface area (Å²) < 4.78 is 24.6. The third kappa shape index (κ3) is 2.32. The molecule has 0 bridgehead atoms. The van der Waals surface area contributed by atoms with Crippen LogP contribution in [0.1, 0.15) is 28.0 Å². The van der Waals surface area contributed by atoms with Crippen molar-refractivity contribution in [2.24, 2.45) is 0 Å². The Morgan fingerprint density at radius 2 is 2.36 bits per heavy atom. The van der Waals surface area contributed by atoms with E-state index < -0.39 is 12.1 Å². The number of nitrogens with one attached hydrogen (secondary N) is 1. The molecule has 1 N–H and O–H groups in total. The first-order chi connectivity index (χ1) is 6.69. The maximum Gasteiger partial charge on any atom is 0.281 e. The molecule has 0 saturated carbocycles. The van der Waals surface area contributed by atoms with E-state index in [-0.39, 0.29) is 5.56 Å². The van der Waals surface area contributed by atoms with Crippen LogP contribution in [0.25, 0.3) is 0 Å². The molecule has 14 heavy (non-hydrogen) atoms. The Hall–Kier alpha value is -1.36. The van der Waals surface area contributed by atoms with Crippen LogP contribution >= 0.6 is 0 Å². The molecule has 3 nitrogen and oxygen atoms in total. The second kappa shape index (κ2) is 4.76. The van der Waals surface area contributed by atoms with Gasteiger partial charge in [-0.25, -0.2) is 8.78 Å². The first kappa shape index (κ1) is 10.7. The molecular weight excluding hydrogens is 190 g/mol. The molecule has 0 saturated heterocycles. The third-order valence-electron chi connectivity index (χ3n) is 1.72. The highest BCUT2D eigenvalue weighted by molar-refractivity contribution is 5.76. The molecule has 0 radical (unpaired) electrons. The van der Waals surface area contributed by atoms with Crippen molar-refractivity contribution in [3.05, 3.63) is 29.1 Å². The summed E-state index contributed by atoms with van der Waals surface area (Å²) in [5.74, 6) is 0. The number of halogens is 2. The van der Waals surface area contributed by atoms with Crippen LogP contribution in [0.2, 0.25) is 0 Å². The van der Waals surface area contributed by atoms with Gasteiger partial charge < -0.3 is 5.32 Å².